The van der Waals surface area contributed by atoms with E-state index in [1.807, 2.05) is 24.3 Å². The molecule has 2 aliphatic rings. The number of aryl methyl sites for hydroxylation is 1. The van der Waals surface area contributed by atoms with E-state index in [0.717, 1.165) is 62.5 Å². The summed E-state index contributed by atoms with van der Waals surface area (Å²) in [4.78, 5) is 13.0. The minimum Gasteiger partial charge on any atom is -0.491 e. The predicted molar refractivity (Wildman–Crippen MR) is 156 cm³/mol. The molecule has 41 heavy (non-hydrogen) atoms. The fourth-order valence-electron chi connectivity index (χ4n) is 6.52. The number of benzene rings is 3. The van der Waals surface area contributed by atoms with Crippen molar-refractivity contribution in [3.63, 3.8) is 0 Å². The van der Waals surface area contributed by atoms with Crippen molar-refractivity contribution in [1.82, 2.24) is 0 Å². The van der Waals surface area contributed by atoms with Crippen LogP contribution in [0.4, 0.5) is 8.78 Å². The van der Waals surface area contributed by atoms with Crippen LogP contribution in [0, 0.1) is 35.3 Å². The summed E-state index contributed by atoms with van der Waals surface area (Å²) in [6, 6.07) is 19.2. The Morgan fingerprint density at radius 1 is 0.756 bits per heavy atom. The first-order valence-electron chi connectivity index (χ1n) is 15.1. The highest BCUT2D eigenvalue weighted by Gasteiger charge is 2.38. The molecule has 0 spiro atoms. The van der Waals surface area contributed by atoms with Gasteiger partial charge in [0, 0.05) is 0 Å². The van der Waals surface area contributed by atoms with E-state index in [-0.39, 0.29) is 35.9 Å². The molecular weight excluding hydrogens is 522 g/mol. The second-order valence-electron chi connectivity index (χ2n) is 11.5. The van der Waals surface area contributed by atoms with Crippen molar-refractivity contribution in [2.45, 2.75) is 65.2 Å². The molecule has 0 bridgehead atoms. The third-order valence-electron chi connectivity index (χ3n) is 8.74. The maximum absolute atomic E-state index is 14.4. The number of carbonyl (C=O) groups is 1. The number of fused-ring (bicyclic) bond motifs is 1. The van der Waals surface area contributed by atoms with E-state index in [1.54, 1.807) is 6.92 Å². The van der Waals surface area contributed by atoms with Crippen molar-refractivity contribution in [2.75, 3.05) is 13.2 Å². The zero-order valence-corrected chi connectivity index (χ0v) is 24.0. The summed E-state index contributed by atoms with van der Waals surface area (Å²) in [5, 5.41) is 0. The van der Waals surface area contributed by atoms with Gasteiger partial charge in [0.1, 0.15) is 5.75 Å². The number of ether oxygens (including phenoxy) is 3. The minimum absolute atomic E-state index is 0.0718. The Hall–Kier alpha value is -3.41. The fraction of sp³-hybridized carbons (Fsp3) is 0.457. The van der Waals surface area contributed by atoms with Crippen LogP contribution in [0.25, 0.3) is 11.1 Å². The summed E-state index contributed by atoms with van der Waals surface area (Å²) >= 11 is 0. The van der Waals surface area contributed by atoms with E-state index in [9.17, 15) is 13.6 Å². The van der Waals surface area contributed by atoms with Crippen LogP contribution in [-0.4, -0.2) is 19.2 Å². The first-order valence-corrected chi connectivity index (χ1v) is 15.1. The van der Waals surface area contributed by atoms with Gasteiger partial charge in [0.2, 0.25) is 11.6 Å². The van der Waals surface area contributed by atoms with E-state index in [2.05, 4.69) is 31.2 Å². The Morgan fingerprint density at radius 3 is 2.02 bits per heavy atom. The van der Waals surface area contributed by atoms with Crippen LogP contribution in [0.5, 0.6) is 17.2 Å². The smallest absolute Gasteiger partial charge is 0.314 e. The third kappa shape index (κ3) is 7.09. The lowest BCUT2D eigenvalue weighted by atomic mass is 9.65. The van der Waals surface area contributed by atoms with Gasteiger partial charge in [-0.25, -0.2) is 0 Å². The van der Waals surface area contributed by atoms with Gasteiger partial charge >= 0.3 is 5.97 Å². The van der Waals surface area contributed by atoms with Gasteiger partial charge in [-0.2, -0.15) is 8.78 Å². The zero-order valence-electron chi connectivity index (χ0n) is 24.0. The Kier molecular flexibility index (Phi) is 9.58. The predicted octanol–water partition coefficient (Wildman–Crippen LogP) is 8.80. The number of carbonyl (C=O) groups excluding carboxylic acids is 1. The molecule has 0 aliphatic heterocycles. The maximum atomic E-state index is 14.4. The van der Waals surface area contributed by atoms with Gasteiger partial charge in [-0.1, -0.05) is 49.7 Å². The average molecular weight is 563 g/mol. The lowest BCUT2D eigenvalue weighted by Crippen LogP contribution is -2.36. The highest BCUT2D eigenvalue weighted by Crippen LogP contribution is 2.45. The fourth-order valence-corrected chi connectivity index (χ4v) is 6.52. The Labute approximate surface area is 242 Å². The van der Waals surface area contributed by atoms with Gasteiger partial charge in [0.25, 0.3) is 0 Å². The van der Waals surface area contributed by atoms with Crippen LogP contribution in [0.2, 0.25) is 0 Å². The Balaban J connectivity index is 1.09. The van der Waals surface area contributed by atoms with Crippen LogP contribution >= 0.6 is 0 Å². The second kappa shape index (κ2) is 13.5. The first kappa shape index (κ1) is 29.1. The molecule has 0 aromatic heterocycles. The lowest BCUT2D eigenvalue weighted by molar-refractivity contribution is -0.141. The van der Waals surface area contributed by atoms with Gasteiger partial charge in [-0.15, -0.1) is 0 Å². The summed E-state index contributed by atoms with van der Waals surface area (Å²) in [5.41, 5.74) is 3.60. The highest BCUT2D eigenvalue weighted by molar-refractivity contribution is 5.75. The quantitative estimate of drug-likeness (QED) is 0.183. The summed E-state index contributed by atoms with van der Waals surface area (Å²) in [6.45, 7) is 4.53. The number of hydrogen-bond donors (Lipinski definition) is 0. The van der Waals surface area contributed by atoms with E-state index in [1.165, 1.54) is 17.7 Å². The molecule has 0 saturated heterocycles. The molecule has 0 amide bonds. The van der Waals surface area contributed by atoms with Crippen LogP contribution in [-0.2, 0) is 11.2 Å². The summed E-state index contributed by atoms with van der Waals surface area (Å²) in [5.74, 6) is -0.533. The molecule has 4 atom stereocenters. The molecule has 0 heterocycles. The highest BCUT2D eigenvalue weighted by atomic mass is 19.2. The van der Waals surface area contributed by atoms with Gasteiger partial charge < -0.3 is 14.2 Å². The van der Waals surface area contributed by atoms with Crippen molar-refractivity contribution < 1.29 is 27.8 Å². The third-order valence-corrected chi connectivity index (χ3v) is 8.74. The minimum atomic E-state index is -1.01. The molecule has 6 heteroatoms. The number of halogens is 2. The molecule has 2 saturated carbocycles. The number of esters is 1. The Bertz CT molecular complexity index is 1300. The van der Waals surface area contributed by atoms with Crippen LogP contribution in [0.3, 0.4) is 0 Å². The number of hydrogen-bond acceptors (Lipinski definition) is 4. The van der Waals surface area contributed by atoms with Crippen LogP contribution in [0.1, 0.15) is 64.4 Å². The van der Waals surface area contributed by atoms with Crippen LogP contribution in [0.15, 0.2) is 60.7 Å². The zero-order chi connectivity index (χ0) is 28.8. The molecule has 3 aromatic rings. The van der Waals surface area contributed by atoms with Gasteiger partial charge in [0.05, 0.1) is 19.1 Å². The van der Waals surface area contributed by atoms with Crippen molar-refractivity contribution in [3.8, 4) is 28.4 Å². The monoisotopic (exact) mass is 562 g/mol. The van der Waals surface area contributed by atoms with Crippen molar-refractivity contribution in [3.05, 3.63) is 77.9 Å². The van der Waals surface area contributed by atoms with Gasteiger partial charge in [-0.3, -0.25) is 4.79 Å². The van der Waals surface area contributed by atoms with Crippen molar-refractivity contribution >= 4 is 5.97 Å². The van der Waals surface area contributed by atoms with E-state index >= 15 is 0 Å². The molecule has 0 radical (unpaired) electrons. The number of rotatable bonds is 10. The molecule has 2 fully saturated rings. The topological polar surface area (TPSA) is 44.8 Å². The lowest BCUT2D eigenvalue weighted by Gasteiger charge is -2.41. The second-order valence-corrected chi connectivity index (χ2v) is 11.5. The molecule has 5 rings (SSSR count). The summed E-state index contributed by atoms with van der Waals surface area (Å²) in [7, 11) is 0. The maximum Gasteiger partial charge on any atom is 0.314 e. The normalized spacial score (nSPS) is 22.0. The summed E-state index contributed by atoms with van der Waals surface area (Å²) in [6.07, 6.45) is 7.79. The van der Waals surface area contributed by atoms with Crippen molar-refractivity contribution in [2.24, 2.45) is 23.7 Å². The average Bonchev–Trinajstić information content (AvgIpc) is 3.00. The first-order chi connectivity index (χ1) is 19.9. The molecule has 2 aliphatic carbocycles. The molecule has 4 nitrogen and oxygen atoms in total. The largest absolute Gasteiger partial charge is 0.491 e. The SMILES string of the molecule is CCCc1ccc(-c2ccc(OC(=O)C3CCC4CC(COc5ccc(OCC)c(F)c5F)CCC4C3)cc2)cc1. The Morgan fingerprint density at radius 2 is 1.37 bits per heavy atom. The molecule has 218 valence electrons. The summed E-state index contributed by atoms with van der Waals surface area (Å²) < 4.78 is 45.2. The van der Waals surface area contributed by atoms with Crippen LogP contribution < -0.4 is 14.2 Å². The van der Waals surface area contributed by atoms with E-state index in [0.29, 0.717) is 24.2 Å². The van der Waals surface area contributed by atoms with E-state index in [4.69, 9.17) is 14.2 Å². The molecule has 4 unspecified atom stereocenters. The van der Waals surface area contributed by atoms with Gasteiger partial charge in [-0.05, 0) is 111 Å². The van der Waals surface area contributed by atoms with Crippen molar-refractivity contribution in [1.29, 1.82) is 0 Å². The van der Waals surface area contributed by atoms with Gasteiger partial charge in [0.15, 0.2) is 11.5 Å². The standard InChI is InChI=1S/C35H40F2O4/c1-3-5-23-6-9-25(10-7-23)26-14-16-30(17-15-26)41-35(38)29-13-12-27-20-24(8-11-28(27)21-29)22-40-32-19-18-31(39-4-2)33(36)34(32)37/h6-7,9-10,14-19,24,27-29H,3-5,8,11-13,20-22H2,1-2H3. The molecular formula is C35H40F2O4. The molecule has 3 aromatic carbocycles. The van der Waals surface area contributed by atoms with E-state index < -0.39 is 11.6 Å². The molecule has 0 N–H and O–H groups in total.